The average molecular weight is 419 g/mol. The van der Waals surface area contributed by atoms with Crippen molar-refractivity contribution in [2.75, 3.05) is 11.0 Å². The number of amides is 1. The first kappa shape index (κ1) is 21.0. The van der Waals surface area contributed by atoms with E-state index in [1.807, 2.05) is 0 Å². The molecular weight excluding hydrogens is 392 g/mol. The summed E-state index contributed by atoms with van der Waals surface area (Å²) in [5, 5.41) is 7.19. The zero-order chi connectivity index (χ0) is 20.9. The van der Waals surface area contributed by atoms with Crippen molar-refractivity contribution >= 4 is 27.7 Å². The smallest absolute Gasteiger partial charge is 0.244 e. The van der Waals surface area contributed by atoms with Crippen LogP contribution in [0.15, 0.2) is 34.9 Å². The van der Waals surface area contributed by atoms with Gasteiger partial charge >= 0.3 is 0 Å². The van der Waals surface area contributed by atoms with Gasteiger partial charge in [-0.1, -0.05) is 43.0 Å². The van der Waals surface area contributed by atoms with Crippen LogP contribution in [0.4, 0.5) is 5.69 Å². The van der Waals surface area contributed by atoms with Crippen LogP contribution in [0.5, 0.6) is 0 Å². The topological polar surface area (TPSA) is 114 Å². The minimum atomic E-state index is -3.32. The second kappa shape index (κ2) is 8.77. The molecule has 2 aromatic rings. The molecule has 2 N–H and O–H groups in total. The van der Waals surface area contributed by atoms with Gasteiger partial charge in [-0.05, 0) is 36.6 Å². The van der Waals surface area contributed by atoms with Gasteiger partial charge in [0, 0.05) is 18.7 Å². The number of hydrogen-bond acceptors (Lipinski definition) is 6. The van der Waals surface area contributed by atoms with Crippen LogP contribution in [0.2, 0.25) is 0 Å². The van der Waals surface area contributed by atoms with Crippen LogP contribution in [0.1, 0.15) is 55.8 Å². The number of hydrogen-bond donors (Lipinski definition) is 2. The van der Waals surface area contributed by atoms with Crippen molar-refractivity contribution in [3.8, 4) is 0 Å². The summed E-state index contributed by atoms with van der Waals surface area (Å²) in [7, 11) is -3.32. The monoisotopic (exact) mass is 418 g/mol. The number of carbonyl (C=O) groups excluding carboxylic acids is 1. The summed E-state index contributed by atoms with van der Waals surface area (Å²) >= 11 is 0. The highest BCUT2D eigenvalue weighted by atomic mass is 32.2. The minimum absolute atomic E-state index is 0.229. The molecule has 0 spiro atoms. The number of anilines is 1. The Morgan fingerprint density at radius 3 is 2.34 bits per heavy atom. The SMILES string of the molecule is Cc1nc(C2(NC(=O)/C=C/c3ccc(NS(C)(=O)=O)cc3)CCCCCC2)no1. The van der Waals surface area contributed by atoms with Gasteiger partial charge in [-0.25, -0.2) is 8.42 Å². The quantitative estimate of drug-likeness (QED) is 0.550. The predicted molar refractivity (Wildman–Crippen MR) is 111 cm³/mol. The lowest BCUT2D eigenvalue weighted by Gasteiger charge is -2.30. The van der Waals surface area contributed by atoms with Crippen molar-refractivity contribution in [3.05, 3.63) is 47.6 Å². The first-order valence-electron chi connectivity index (χ1n) is 9.65. The summed E-state index contributed by atoms with van der Waals surface area (Å²) in [6, 6.07) is 6.77. The molecule has 0 bridgehead atoms. The molecule has 0 radical (unpaired) electrons. The van der Waals surface area contributed by atoms with E-state index in [4.69, 9.17) is 4.52 Å². The third-order valence-electron chi connectivity index (χ3n) is 4.92. The van der Waals surface area contributed by atoms with Crippen molar-refractivity contribution in [3.63, 3.8) is 0 Å². The van der Waals surface area contributed by atoms with Crippen molar-refractivity contribution in [1.82, 2.24) is 15.5 Å². The Labute approximate surface area is 170 Å². The van der Waals surface area contributed by atoms with E-state index in [1.54, 1.807) is 37.3 Å². The number of nitrogens with one attached hydrogen (secondary N) is 2. The van der Waals surface area contributed by atoms with Crippen molar-refractivity contribution in [1.29, 1.82) is 0 Å². The zero-order valence-electron chi connectivity index (χ0n) is 16.6. The standard InChI is InChI=1S/C20H26N4O4S/c1-15-21-19(23-28-15)20(13-5-3-4-6-14-20)22-18(25)12-9-16-7-10-17(11-8-16)24-29(2,26)27/h7-12,24H,3-6,13-14H2,1-2H3,(H,22,25)/b12-9+. The minimum Gasteiger partial charge on any atom is -0.340 e. The molecule has 0 unspecified atom stereocenters. The number of nitrogens with zero attached hydrogens (tertiary/aromatic N) is 2. The third-order valence-corrected chi connectivity index (χ3v) is 5.52. The molecule has 1 heterocycles. The van der Waals surface area contributed by atoms with Gasteiger partial charge in [0.05, 0.1) is 6.26 Å². The number of carbonyl (C=O) groups is 1. The van der Waals surface area contributed by atoms with Crippen LogP contribution in [-0.4, -0.2) is 30.7 Å². The lowest BCUT2D eigenvalue weighted by Crippen LogP contribution is -2.45. The van der Waals surface area contributed by atoms with Crippen molar-refractivity contribution in [2.45, 2.75) is 51.0 Å². The Hall–Kier alpha value is -2.68. The molecule has 9 heteroatoms. The molecule has 8 nitrogen and oxygen atoms in total. The fourth-order valence-electron chi connectivity index (χ4n) is 3.56. The first-order valence-corrected chi connectivity index (χ1v) is 11.5. The average Bonchev–Trinajstić information content (AvgIpc) is 2.96. The van der Waals surface area contributed by atoms with E-state index >= 15 is 0 Å². The lowest BCUT2D eigenvalue weighted by molar-refractivity contribution is -0.118. The molecule has 1 fully saturated rings. The van der Waals surface area contributed by atoms with Crippen LogP contribution in [0.3, 0.4) is 0 Å². The van der Waals surface area contributed by atoms with Crippen LogP contribution < -0.4 is 10.0 Å². The second-order valence-corrected chi connectivity index (χ2v) is 9.20. The van der Waals surface area contributed by atoms with Crippen molar-refractivity contribution in [2.24, 2.45) is 0 Å². The van der Waals surface area contributed by atoms with Crippen LogP contribution in [0, 0.1) is 6.92 Å². The van der Waals surface area contributed by atoms with E-state index in [0.29, 0.717) is 17.4 Å². The van der Waals surface area contributed by atoms with E-state index in [2.05, 4.69) is 20.2 Å². The van der Waals surface area contributed by atoms with E-state index in [1.165, 1.54) is 6.08 Å². The number of rotatable bonds is 6. The maximum absolute atomic E-state index is 12.7. The van der Waals surface area contributed by atoms with Gasteiger partial charge in [-0.3, -0.25) is 9.52 Å². The van der Waals surface area contributed by atoms with Crippen LogP contribution in [-0.2, 0) is 20.4 Å². The molecule has 0 aliphatic heterocycles. The Morgan fingerprint density at radius 1 is 1.14 bits per heavy atom. The van der Waals surface area contributed by atoms with Gasteiger partial charge in [0.15, 0.2) is 5.82 Å². The number of benzene rings is 1. The van der Waals surface area contributed by atoms with E-state index in [-0.39, 0.29) is 5.91 Å². The largest absolute Gasteiger partial charge is 0.340 e. The lowest BCUT2D eigenvalue weighted by atomic mass is 9.89. The molecule has 3 rings (SSSR count). The maximum atomic E-state index is 12.7. The first-order chi connectivity index (χ1) is 13.8. The van der Waals surface area contributed by atoms with Crippen molar-refractivity contribution < 1.29 is 17.7 Å². The highest BCUT2D eigenvalue weighted by Gasteiger charge is 2.38. The fourth-order valence-corrected chi connectivity index (χ4v) is 4.12. The molecule has 0 saturated heterocycles. The molecule has 156 valence electrons. The maximum Gasteiger partial charge on any atom is 0.244 e. The molecule has 1 amide bonds. The molecule has 1 saturated carbocycles. The second-order valence-electron chi connectivity index (χ2n) is 7.45. The van der Waals surface area contributed by atoms with Gasteiger partial charge in [-0.2, -0.15) is 4.98 Å². The zero-order valence-corrected chi connectivity index (χ0v) is 17.5. The highest BCUT2D eigenvalue weighted by molar-refractivity contribution is 7.92. The number of sulfonamides is 1. The van der Waals surface area contributed by atoms with Gasteiger partial charge in [-0.15, -0.1) is 0 Å². The summed E-state index contributed by atoms with van der Waals surface area (Å²) in [6.07, 6.45) is 10.0. The highest BCUT2D eigenvalue weighted by Crippen LogP contribution is 2.34. The summed E-state index contributed by atoms with van der Waals surface area (Å²) in [5.41, 5.74) is 0.641. The Kier molecular flexibility index (Phi) is 6.36. The molecule has 1 aromatic heterocycles. The van der Waals surface area contributed by atoms with E-state index in [0.717, 1.165) is 50.3 Å². The Bertz CT molecular complexity index is 972. The van der Waals surface area contributed by atoms with E-state index in [9.17, 15) is 13.2 Å². The summed E-state index contributed by atoms with van der Waals surface area (Å²) in [6.45, 7) is 1.74. The van der Waals surface area contributed by atoms with Crippen LogP contribution >= 0.6 is 0 Å². The van der Waals surface area contributed by atoms with Gasteiger partial charge < -0.3 is 9.84 Å². The third kappa shape index (κ3) is 5.90. The number of aromatic nitrogens is 2. The Morgan fingerprint density at radius 2 is 1.79 bits per heavy atom. The number of aryl methyl sites for hydroxylation is 1. The van der Waals surface area contributed by atoms with Gasteiger partial charge in [0.25, 0.3) is 0 Å². The fraction of sp³-hybridized carbons (Fsp3) is 0.450. The van der Waals surface area contributed by atoms with Gasteiger partial charge in [0.1, 0.15) is 5.54 Å². The summed E-state index contributed by atoms with van der Waals surface area (Å²) in [4.78, 5) is 17.0. The van der Waals surface area contributed by atoms with Crippen LogP contribution in [0.25, 0.3) is 6.08 Å². The Balaban J connectivity index is 1.71. The predicted octanol–water partition coefficient (Wildman–Crippen LogP) is 3.13. The molecule has 29 heavy (non-hydrogen) atoms. The molecule has 1 aliphatic carbocycles. The molecular formula is C20H26N4O4S. The van der Waals surface area contributed by atoms with E-state index < -0.39 is 15.6 Å². The molecule has 1 aliphatic rings. The molecule has 0 atom stereocenters. The van der Waals surface area contributed by atoms with Gasteiger partial charge in [0.2, 0.25) is 21.8 Å². The summed E-state index contributed by atoms with van der Waals surface area (Å²) in [5.74, 6) is 0.791. The normalized spacial score (nSPS) is 17.0. The summed E-state index contributed by atoms with van der Waals surface area (Å²) < 4.78 is 30.1. The molecule has 1 aromatic carbocycles.